The van der Waals surface area contributed by atoms with E-state index in [9.17, 15) is 27.6 Å². The second-order valence-electron chi connectivity index (χ2n) is 7.01. The molecule has 0 aliphatic heterocycles. The van der Waals surface area contributed by atoms with E-state index in [2.05, 4.69) is 15.6 Å². The molecule has 2 N–H and O–H groups in total. The van der Waals surface area contributed by atoms with Gasteiger partial charge in [0.2, 0.25) is 17.7 Å². The summed E-state index contributed by atoms with van der Waals surface area (Å²) < 4.78 is 40.3. The maximum atomic E-state index is 13.4. The van der Waals surface area contributed by atoms with Crippen LogP contribution in [0.2, 0.25) is 0 Å². The number of hydrogen-bond donors (Lipinski definition) is 2. The van der Waals surface area contributed by atoms with Gasteiger partial charge in [0, 0.05) is 31.0 Å². The summed E-state index contributed by atoms with van der Waals surface area (Å²) >= 11 is 1.18. The van der Waals surface area contributed by atoms with Crippen molar-refractivity contribution in [2.45, 2.75) is 20.0 Å². The van der Waals surface area contributed by atoms with E-state index in [1.54, 1.807) is 29.6 Å². The first-order valence-electron chi connectivity index (χ1n) is 9.84. The van der Waals surface area contributed by atoms with Crippen LogP contribution in [0.1, 0.15) is 25.1 Å². The Bertz CT molecular complexity index is 1240. The molecule has 3 rings (SSSR count). The molecule has 0 radical (unpaired) electrons. The minimum Gasteiger partial charge on any atom is -0.326 e. The van der Waals surface area contributed by atoms with Gasteiger partial charge in [0.1, 0.15) is 0 Å². The molecule has 0 saturated carbocycles. The first-order chi connectivity index (χ1) is 16.0. The zero-order valence-electron chi connectivity index (χ0n) is 18.0. The van der Waals surface area contributed by atoms with Gasteiger partial charge in [-0.05, 0) is 36.4 Å². The van der Waals surface area contributed by atoms with Crippen LogP contribution in [-0.4, -0.2) is 22.7 Å². The molecule has 0 spiro atoms. The fourth-order valence-electron chi connectivity index (χ4n) is 2.96. The first-order valence-corrected chi connectivity index (χ1v) is 10.7. The monoisotopic (exact) mass is 488 g/mol. The molecule has 0 unspecified atom stereocenters. The van der Waals surface area contributed by atoms with Crippen molar-refractivity contribution in [3.05, 3.63) is 71.2 Å². The Labute approximate surface area is 196 Å². The molecule has 0 bridgehead atoms. The Hall–Kier alpha value is -3.99. The molecule has 2 aromatic carbocycles. The van der Waals surface area contributed by atoms with Gasteiger partial charge >= 0.3 is 6.18 Å². The largest absolute Gasteiger partial charge is 0.418 e. The molecule has 1 aromatic heterocycles. The van der Waals surface area contributed by atoms with Crippen LogP contribution in [0.3, 0.4) is 0 Å². The zero-order valence-corrected chi connectivity index (χ0v) is 18.8. The molecule has 3 aromatic rings. The molecule has 0 aliphatic carbocycles. The maximum Gasteiger partial charge on any atom is 0.418 e. The third kappa shape index (κ3) is 6.29. The molecule has 3 amide bonds. The Morgan fingerprint density at radius 2 is 1.74 bits per heavy atom. The topological polar surface area (TPSA) is 91.4 Å². The fourth-order valence-corrected chi connectivity index (χ4v) is 3.82. The number of carbonyl (C=O) groups excluding carboxylic acids is 3. The van der Waals surface area contributed by atoms with Gasteiger partial charge in [-0.3, -0.25) is 19.3 Å². The molecule has 7 nitrogen and oxygen atoms in total. The van der Waals surface area contributed by atoms with Gasteiger partial charge in [-0.1, -0.05) is 18.2 Å². The molecule has 0 fully saturated rings. The number of thiazole rings is 1. The maximum absolute atomic E-state index is 13.4. The Morgan fingerprint density at radius 3 is 2.35 bits per heavy atom. The van der Waals surface area contributed by atoms with Crippen LogP contribution in [0.5, 0.6) is 0 Å². The minimum atomic E-state index is -4.75. The lowest BCUT2D eigenvalue weighted by Gasteiger charge is -2.17. The van der Waals surface area contributed by atoms with Gasteiger partial charge < -0.3 is 10.6 Å². The quantitative estimate of drug-likeness (QED) is 0.451. The van der Waals surface area contributed by atoms with Gasteiger partial charge in [-0.25, -0.2) is 4.98 Å². The summed E-state index contributed by atoms with van der Waals surface area (Å²) in [5, 5.41) is 6.46. The molecule has 11 heteroatoms. The average molecular weight is 488 g/mol. The SMILES string of the molecule is CC(=O)Nc1ccc(NC(=O)/C=C/c2csc(N(C(C)=O)c3ccccc3)n2)c(C(F)(F)F)c1. The van der Waals surface area contributed by atoms with E-state index < -0.39 is 29.2 Å². The summed E-state index contributed by atoms with van der Waals surface area (Å²) in [5.74, 6) is -1.58. The summed E-state index contributed by atoms with van der Waals surface area (Å²) in [4.78, 5) is 41.2. The number of carbonyl (C=O) groups is 3. The molecule has 0 saturated heterocycles. The number of nitrogens with one attached hydrogen (secondary N) is 2. The van der Waals surface area contributed by atoms with Crippen molar-refractivity contribution in [3.8, 4) is 0 Å². The zero-order chi connectivity index (χ0) is 24.9. The fraction of sp³-hybridized carbons (Fsp3) is 0.130. The van der Waals surface area contributed by atoms with E-state index in [4.69, 9.17) is 0 Å². The minimum absolute atomic E-state index is 0.0446. The van der Waals surface area contributed by atoms with Crippen molar-refractivity contribution < 1.29 is 27.6 Å². The lowest BCUT2D eigenvalue weighted by Crippen LogP contribution is -2.22. The summed E-state index contributed by atoms with van der Waals surface area (Å²) in [6.45, 7) is 2.57. The van der Waals surface area contributed by atoms with Gasteiger partial charge in [-0.15, -0.1) is 11.3 Å². The van der Waals surface area contributed by atoms with Crippen molar-refractivity contribution in [1.82, 2.24) is 4.98 Å². The van der Waals surface area contributed by atoms with E-state index in [-0.39, 0.29) is 11.6 Å². The number of anilines is 4. The number of halogens is 3. The van der Waals surface area contributed by atoms with Crippen LogP contribution in [0.15, 0.2) is 60.0 Å². The number of hydrogen-bond acceptors (Lipinski definition) is 5. The number of alkyl halides is 3. The standard InChI is InChI=1S/C23H19F3N4O3S/c1-14(31)27-16-8-10-20(19(12-16)23(24,25)26)29-21(33)11-9-17-13-34-22(28-17)30(15(2)32)18-6-4-3-5-7-18/h3-13H,1-2H3,(H,27,31)(H,29,33)/b11-9+. The molecular weight excluding hydrogens is 469 g/mol. The van der Waals surface area contributed by atoms with Crippen LogP contribution in [0.25, 0.3) is 6.08 Å². The Kier molecular flexibility index (Phi) is 7.47. The van der Waals surface area contributed by atoms with Crippen molar-refractivity contribution in [3.63, 3.8) is 0 Å². The predicted molar refractivity (Wildman–Crippen MR) is 125 cm³/mol. The lowest BCUT2D eigenvalue weighted by atomic mass is 10.1. The second kappa shape index (κ2) is 10.3. The Balaban J connectivity index is 1.77. The molecule has 0 atom stereocenters. The highest BCUT2D eigenvalue weighted by Gasteiger charge is 2.34. The number of nitrogens with zero attached hydrogens (tertiary/aromatic N) is 2. The van der Waals surface area contributed by atoms with Crippen molar-refractivity contribution in [2.75, 3.05) is 15.5 Å². The van der Waals surface area contributed by atoms with Crippen LogP contribution >= 0.6 is 11.3 Å². The van der Waals surface area contributed by atoms with E-state index in [1.807, 2.05) is 6.07 Å². The van der Waals surface area contributed by atoms with E-state index >= 15 is 0 Å². The normalized spacial score (nSPS) is 11.3. The third-order valence-corrected chi connectivity index (χ3v) is 5.18. The highest BCUT2D eigenvalue weighted by Crippen LogP contribution is 2.36. The summed E-state index contributed by atoms with van der Waals surface area (Å²) in [5.41, 5.74) is -0.621. The second-order valence-corrected chi connectivity index (χ2v) is 7.84. The third-order valence-electron chi connectivity index (χ3n) is 4.34. The van der Waals surface area contributed by atoms with Crippen LogP contribution < -0.4 is 15.5 Å². The van der Waals surface area contributed by atoms with Gasteiger partial charge in [0.15, 0.2) is 5.13 Å². The van der Waals surface area contributed by atoms with Crippen LogP contribution in [0.4, 0.5) is 35.4 Å². The van der Waals surface area contributed by atoms with Gasteiger partial charge in [-0.2, -0.15) is 13.2 Å². The number of rotatable bonds is 6. The highest BCUT2D eigenvalue weighted by atomic mass is 32.1. The van der Waals surface area contributed by atoms with Gasteiger partial charge in [0.05, 0.1) is 22.6 Å². The summed E-state index contributed by atoms with van der Waals surface area (Å²) in [6.07, 6.45) is -2.38. The van der Waals surface area contributed by atoms with Crippen molar-refractivity contribution in [1.29, 1.82) is 0 Å². The number of para-hydroxylation sites is 1. The van der Waals surface area contributed by atoms with E-state index in [1.165, 1.54) is 42.2 Å². The molecule has 0 aliphatic rings. The number of benzene rings is 2. The molecular formula is C23H19F3N4O3S. The van der Waals surface area contributed by atoms with E-state index in [0.717, 1.165) is 18.2 Å². The van der Waals surface area contributed by atoms with Crippen LogP contribution in [-0.2, 0) is 20.6 Å². The predicted octanol–water partition coefficient (Wildman–Crippen LogP) is 5.46. The first kappa shape index (κ1) is 24.6. The van der Waals surface area contributed by atoms with Crippen LogP contribution in [0, 0.1) is 0 Å². The van der Waals surface area contributed by atoms with Crippen molar-refractivity contribution >= 4 is 57.3 Å². The number of aromatic nitrogens is 1. The molecule has 176 valence electrons. The lowest BCUT2D eigenvalue weighted by molar-refractivity contribution is -0.137. The Morgan fingerprint density at radius 1 is 1.03 bits per heavy atom. The van der Waals surface area contributed by atoms with Crippen molar-refractivity contribution in [2.24, 2.45) is 0 Å². The highest BCUT2D eigenvalue weighted by molar-refractivity contribution is 7.14. The number of amides is 3. The van der Waals surface area contributed by atoms with Gasteiger partial charge in [0.25, 0.3) is 0 Å². The summed E-state index contributed by atoms with van der Waals surface area (Å²) in [6, 6.07) is 11.9. The average Bonchev–Trinajstić information content (AvgIpc) is 3.21. The molecule has 1 heterocycles. The smallest absolute Gasteiger partial charge is 0.326 e. The van der Waals surface area contributed by atoms with E-state index in [0.29, 0.717) is 16.5 Å². The summed E-state index contributed by atoms with van der Waals surface area (Å²) in [7, 11) is 0. The molecule has 34 heavy (non-hydrogen) atoms.